The second kappa shape index (κ2) is 8.75. The number of nitrogens with one attached hydrogen (secondary N) is 2. The summed E-state index contributed by atoms with van der Waals surface area (Å²) in [7, 11) is 1.24. The SMILES string of the molecule is C=Cc1[nH]cc(CC(NC(=O)c2ccc(O)c(O)c2)C(=O)OC)c1/C=C\C. The van der Waals surface area contributed by atoms with Gasteiger partial charge in [0.1, 0.15) is 6.04 Å². The van der Waals surface area contributed by atoms with Gasteiger partial charge in [-0.15, -0.1) is 0 Å². The first-order valence-corrected chi connectivity index (χ1v) is 8.27. The molecule has 4 N–H and O–H groups in total. The highest BCUT2D eigenvalue weighted by molar-refractivity contribution is 5.97. The summed E-state index contributed by atoms with van der Waals surface area (Å²) in [5.41, 5.74) is 2.60. The Bertz CT molecular complexity index is 882. The van der Waals surface area contributed by atoms with Gasteiger partial charge in [-0.2, -0.15) is 0 Å². The van der Waals surface area contributed by atoms with Gasteiger partial charge in [-0.05, 0) is 36.8 Å². The maximum absolute atomic E-state index is 12.5. The molecule has 2 aromatic rings. The monoisotopic (exact) mass is 370 g/mol. The molecular weight excluding hydrogens is 348 g/mol. The van der Waals surface area contributed by atoms with Gasteiger partial charge in [0.05, 0.1) is 7.11 Å². The van der Waals surface area contributed by atoms with E-state index in [1.165, 1.54) is 19.2 Å². The zero-order valence-electron chi connectivity index (χ0n) is 15.2. The minimum Gasteiger partial charge on any atom is -0.504 e. The molecule has 0 saturated carbocycles. The van der Waals surface area contributed by atoms with E-state index in [1.54, 1.807) is 12.3 Å². The predicted octanol–water partition coefficient (Wildman–Crippen LogP) is 2.62. The summed E-state index contributed by atoms with van der Waals surface area (Å²) < 4.78 is 4.81. The first kappa shape index (κ1) is 19.8. The topological polar surface area (TPSA) is 112 Å². The van der Waals surface area contributed by atoms with Crippen LogP contribution in [0.25, 0.3) is 12.2 Å². The van der Waals surface area contributed by atoms with Crippen molar-refractivity contribution < 1.29 is 24.5 Å². The number of hydrogen-bond donors (Lipinski definition) is 4. The van der Waals surface area contributed by atoms with Gasteiger partial charge in [0.15, 0.2) is 11.5 Å². The average molecular weight is 370 g/mol. The van der Waals surface area contributed by atoms with Crippen molar-refractivity contribution in [1.82, 2.24) is 10.3 Å². The summed E-state index contributed by atoms with van der Waals surface area (Å²) in [6.07, 6.45) is 7.37. The van der Waals surface area contributed by atoms with Crippen LogP contribution < -0.4 is 5.32 Å². The Balaban J connectivity index is 2.27. The quantitative estimate of drug-likeness (QED) is 0.442. The Hall–Kier alpha value is -3.48. The molecule has 1 amide bonds. The molecule has 0 bridgehead atoms. The largest absolute Gasteiger partial charge is 0.504 e. The van der Waals surface area contributed by atoms with Crippen LogP contribution in [0, 0.1) is 0 Å². The molecule has 1 heterocycles. The van der Waals surface area contributed by atoms with E-state index in [9.17, 15) is 19.8 Å². The number of aromatic amines is 1. The Morgan fingerprint density at radius 1 is 1.33 bits per heavy atom. The number of hydrogen-bond acceptors (Lipinski definition) is 5. The number of methoxy groups -OCH3 is 1. The second-order valence-corrected chi connectivity index (χ2v) is 5.80. The molecule has 2 rings (SSSR count). The molecule has 0 spiro atoms. The van der Waals surface area contributed by atoms with E-state index in [0.29, 0.717) is 0 Å². The van der Waals surface area contributed by atoms with Crippen LogP contribution in [0.2, 0.25) is 0 Å². The summed E-state index contributed by atoms with van der Waals surface area (Å²) in [5, 5.41) is 21.5. The van der Waals surface area contributed by atoms with Crippen LogP contribution in [0.15, 0.2) is 37.1 Å². The van der Waals surface area contributed by atoms with Crippen LogP contribution in [-0.4, -0.2) is 40.2 Å². The minimum atomic E-state index is -0.934. The summed E-state index contributed by atoms with van der Waals surface area (Å²) in [6, 6.07) is 2.73. The van der Waals surface area contributed by atoms with Crippen molar-refractivity contribution in [3.63, 3.8) is 0 Å². The third-order valence-electron chi connectivity index (χ3n) is 4.03. The number of aromatic hydroxyl groups is 2. The van der Waals surface area contributed by atoms with Gasteiger partial charge in [-0.25, -0.2) is 4.79 Å². The number of benzene rings is 1. The van der Waals surface area contributed by atoms with E-state index >= 15 is 0 Å². The maximum Gasteiger partial charge on any atom is 0.328 e. The van der Waals surface area contributed by atoms with Gasteiger partial charge in [0, 0.05) is 29.4 Å². The van der Waals surface area contributed by atoms with E-state index in [-0.39, 0.29) is 17.7 Å². The third kappa shape index (κ3) is 4.58. The third-order valence-corrected chi connectivity index (χ3v) is 4.03. The van der Waals surface area contributed by atoms with Crippen LogP contribution in [0.5, 0.6) is 11.5 Å². The molecule has 1 aromatic carbocycles. The van der Waals surface area contributed by atoms with E-state index in [1.807, 2.05) is 19.1 Å². The zero-order chi connectivity index (χ0) is 20.0. The Morgan fingerprint density at radius 2 is 2.07 bits per heavy atom. The Labute approximate surface area is 157 Å². The van der Waals surface area contributed by atoms with E-state index in [4.69, 9.17) is 4.74 Å². The molecule has 0 aliphatic rings. The van der Waals surface area contributed by atoms with Gasteiger partial charge in [-0.3, -0.25) is 4.79 Å². The number of aromatic nitrogens is 1. The van der Waals surface area contributed by atoms with Gasteiger partial charge in [0.2, 0.25) is 0 Å². The lowest BCUT2D eigenvalue weighted by molar-refractivity contribution is -0.142. The van der Waals surface area contributed by atoms with Crippen molar-refractivity contribution in [2.75, 3.05) is 7.11 Å². The fourth-order valence-corrected chi connectivity index (χ4v) is 2.66. The highest BCUT2D eigenvalue weighted by Crippen LogP contribution is 2.25. The molecule has 0 fully saturated rings. The van der Waals surface area contributed by atoms with Crippen LogP contribution in [0.4, 0.5) is 0 Å². The summed E-state index contributed by atoms with van der Waals surface area (Å²) in [6.45, 7) is 5.63. The number of H-pyrrole nitrogens is 1. The molecule has 1 atom stereocenters. The maximum atomic E-state index is 12.5. The smallest absolute Gasteiger partial charge is 0.328 e. The molecule has 0 aliphatic carbocycles. The number of carbonyl (C=O) groups excluding carboxylic acids is 2. The van der Waals surface area contributed by atoms with E-state index in [0.717, 1.165) is 22.9 Å². The van der Waals surface area contributed by atoms with E-state index in [2.05, 4.69) is 16.9 Å². The molecular formula is C20H22N2O5. The van der Waals surface area contributed by atoms with Gasteiger partial charge in [0.25, 0.3) is 5.91 Å². The molecule has 27 heavy (non-hydrogen) atoms. The number of carbonyl (C=O) groups is 2. The number of ether oxygens (including phenoxy) is 1. The standard InChI is InChI=1S/C20H22N2O5/c1-4-6-14-13(11-21-15(14)5-2)9-16(20(26)27-3)22-19(25)12-7-8-17(23)18(24)10-12/h4-8,10-11,16,21,23-24H,2,9H2,1,3H3,(H,22,25)/b6-4-. The predicted molar refractivity (Wildman–Crippen MR) is 102 cm³/mol. The first-order valence-electron chi connectivity index (χ1n) is 8.27. The van der Waals surface area contributed by atoms with E-state index < -0.39 is 23.7 Å². The number of rotatable bonds is 7. The molecule has 0 radical (unpaired) electrons. The summed E-state index contributed by atoms with van der Waals surface area (Å²) >= 11 is 0. The minimum absolute atomic E-state index is 0.105. The van der Waals surface area contributed by atoms with Gasteiger partial charge >= 0.3 is 5.97 Å². The fraction of sp³-hybridized carbons (Fsp3) is 0.200. The zero-order valence-corrected chi connectivity index (χ0v) is 15.2. The van der Waals surface area contributed by atoms with Gasteiger partial charge < -0.3 is 25.3 Å². The van der Waals surface area contributed by atoms with Crippen molar-refractivity contribution in [2.45, 2.75) is 19.4 Å². The number of allylic oxidation sites excluding steroid dienone is 1. The Morgan fingerprint density at radius 3 is 2.67 bits per heavy atom. The number of esters is 1. The fourth-order valence-electron chi connectivity index (χ4n) is 2.66. The molecule has 7 nitrogen and oxygen atoms in total. The van der Waals surface area contributed by atoms with Crippen molar-refractivity contribution in [2.24, 2.45) is 0 Å². The molecule has 0 saturated heterocycles. The Kier molecular flexibility index (Phi) is 6.43. The number of amides is 1. The average Bonchev–Trinajstić information content (AvgIpc) is 3.04. The molecule has 1 aromatic heterocycles. The number of phenols is 2. The van der Waals surface area contributed by atoms with Crippen LogP contribution >= 0.6 is 0 Å². The lowest BCUT2D eigenvalue weighted by atomic mass is 10.0. The van der Waals surface area contributed by atoms with Gasteiger partial charge in [-0.1, -0.05) is 18.7 Å². The summed E-state index contributed by atoms with van der Waals surface area (Å²) in [5.74, 6) is -1.93. The summed E-state index contributed by atoms with van der Waals surface area (Å²) in [4.78, 5) is 27.7. The first-order chi connectivity index (χ1) is 12.9. The lowest BCUT2D eigenvalue weighted by Gasteiger charge is -2.17. The van der Waals surface area contributed by atoms with Crippen LogP contribution in [0.1, 0.15) is 34.1 Å². The molecule has 142 valence electrons. The van der Waals surface area contributed by atoms with Crippen LogP contribution in [0.3, 0.4) is 0 Å². The van der Waals surface area contributed by atoms with Crippen molar-refractivity contribution in [1.29, 1.82) is 0 Å². The van der Waals surface area contributed by atoms with Crippen LogP contribution in [-0.2, 0) is 16.0 Å². The van der Waals surface area contributed by atoms with Crippen molar-refractivity contribution in [3.05, 3.63) is 59.4 Å². The highest BCUT2D eigenvalue weighted by atomic mass is 16.5. The molecule has 0 aliphatic heterocycles. The molecule has 1 unspecified atom stereocenters. The van der Waals surface area contributed by atoms with Crippen molar-refractivity contribution in [3.8, 4) is 11.5 Å². The molecule has 7 heteroatoms. The highest BCUT2D eigenvalue weighted by Gasteiger charge is 2.24. The lowest BCUT2D eigenvalue weighted by Crippen LogP contribution is -2.43. The normalized spacial score (nSPS) is 11.9. The second-order valence-electron chi connectivity index (χ2n) is 5.80. The number of phenolic OH excluding ortho intramolecular Hbond substituents is 2. The van der Waals surface area contributed by atoms with Crippen molar-refractivity contribution >= 4 is 24.0 Å².